The molecule has 1 aromatic rings. The van der Waals surface area contributed by atoms with E-state index < -0.39 is 0 Å². The smallest absolute Gasteiger partial charge is 0.145 e. The lowest BCUT2D eigenvalue weighted by atomic mass is 9.89. The monoisotopic (exact) mass is 595 g/mol. The van der Waals surface area contributed by atoms with E-state index >= 15 is 0 Å². The first-order valence-corrected chi connectivity index (χ1v) is 9.28. The highest BCUT2D eigenvalue weighted by atomic mass is 127. The molecule has 0 spiro atoms. The minimum atomic E-state index is -0.217. The van der Waals surface area contributed by atoms with Crippen LogP contribution in [0.15, 0.2) is 12.1 Å². The summed E-state index contributed by atoms with van der Waals surface area (Å²) >= 11 is 6.94. The molecule has 0 unspecified atom stereocenters. The highest BCUT2D eigenvalue weighted by Crippen LogP contribution is 2.30. The highest BCUT2D eigenvalue weighted by molar-refractivity contribution is 14.1. The van der Waals surface area contributed by atoms with Gasteiger partial charge in [-0.3, -0.25) is 0 Å². The highest BCUT2D eigenvalue weighted by Gasteiger charge is 2.15. The summed E-state index contributed by atoms with van der Waals surface area (Å²) in [4.78, 5) is 0. The number of ether oxygens (including phenoxy) is 1. The largest absolute Gasteiger partial charge is 0.491 e. The second-order valence-electron chi connectivity index (χ2n) is 5.00. The van der Waals surface area contributed by atoms with Crippen molar-refractivity contribution in [1.82, 2.24) is 0 Å². The van der Waals surface area contributed by atoms with Gasteiger partial charge in [-0.15, -0.1) is 0 Å². The minimum absolute atomic E-state index is 0.217. The van der Waals surface area contributed by atoms with Crippen LogP contribution in [0.1, 0.15) is 33.1 Å². The fourth-order valence-corrected chi connectivity index (χ4v) is 5.46. The molecule has 2 nitrogen and oxygen atoms in total. The second kappa shape index (κ2) is 8.22. The van der Waals surface area contributed by atoms with Gasteiger partial charge in [0.2, 0.25) is 0 Å². The third kappa shape index (κ3) is 6.33. The van der Waals surface area contributed by atoms with E-state index in [-0.39, 0.29) is 5.41 Å². The second-order valence-corrected chi connectivity index (χ2v) is 8.57. The van der Waals surface area contributed by atoms with E-state index in [9.17, 15) is 0 Å². The van der Waals surface area contributed by atoms with Gasteiger partial charge in [-0.2, -0.15) is 5.26 Å². The van der Waals surface area contributed by atoms with Crippen LogP contribution in [-0.4, -0.2) is 6.61 Å². The fourth-order valence-electron chi connectivity index (χ4n) is 1.57. The molecule has 1 aromatic carbocycles. The number of halogens is 3. The van der Waals surface area contributed by atoms with E-state index in [4.69, 9.17) is 10.00 Å². The van der Waals surface area contributed by atoms with Crippen molar-refractivity contribution in [3.05, 3.63) is 22.8 Å². The molecule has 0 saturated carbocycles. The van der Waals surface area contributed by atoms with Crippen LogP contribution in [0.4, 0.5) is 0 Å². The van der Waals surface area contributed by atoms with E-state index in [0.717, 1.165) is 32.2 Å². The third-order valence-electron chi connectivity index (χ3n) is 2.71. The van der Waals surface area contributed by atoms with Crippen molar-refractivity contribution >= 4 is 67.8 Å². The van der Waals surface area contributed by atoms with Gasteiger partial charge in [0.25, 0.3) is 0 Å². The molecule has 104 valence electrons. The molecule has 1 rings (SSSR count). The van der Waals surface area contributed by atoms with Gasteiger partial charge in [0.15, 0.2) is 0 Å². The van der Waals surface area contributed by atoms with Crippen molar-refractivity contribution in [1.29, 1.82) is 5.26 Å². The predicted octanol–water partition coefficient (Wildman–Crippen LogP) is 5.60. The number of unbranched alkanes of at least 4 members (excludes halogenated alkanes) is 1. The fraction of sp³-hybridized carbons (Fsp3) is 0.500. The van der Waals surface area contributed by atoms with E-state index in [2.05, 4.69) is 86.0 Å². The normalized spacial score (nSPS) is 11.2. The molecule has 5 heteroatoms. The Labute approximate surface area is 156 Å². The lowest BCUT2D eigenvalue weighted by molar-refractivity contribution is 0.291. The maximum absolute atomic E-state index is 8.94. The Balaban J connectivity index is 2.41. The van der Waals surface area contributed by atoms with Crippen molar-refractivity contribution in [3.8, 4) is 11.8 Å². The molecule has 19 heavy (non-hydrogen) atoms. The van der Waals surface area contributed by atoms with Crippen molar-refractivity contribution in [2.45, 2.75) is 33.1 Å². The first-order valence-electron chi connectivity index (χ1n) is 6.04. The molecule has 0 amide bonds. The van der Waals surface area contributed by atoms with Crippen LogP contribution >= 0.6 is 67.8 Å². The minimum Gasteiger partial charge on any atom is -0.491 e. The molecule has 0 aliphatic heterocycles. The molecule has 0 aliphatic carbocycles. The van der Waals surface area contributed by atoms with Gasteiger partial charge in [-0.25, -0.2) is 0 Å². The summed E-state index contributed by atoms with van der Waals surface area (Å²) in [5.41, 5.74) is -0.217. The summed E-state index contributed by atoms with van der Waals surface area (Å²) in [6.45, 7) is 4.69. The molecule has 0 bridgehead atoms. The third-order valence-corrected chi connectivity index (χ3v) is 4.93. The maximum Gasteiger partial charge on any atom is 0.145 e. The molecule has 0 radical (unpaired) electrons. The Morgan fingerprint density at radius 3 is 2.26 bits per heavy atom. The summed E-state index contributed by atoms with van der Waals surface area (Å²) in [6.07, 6.45) is 2.94. The Bertz CT molecular complexity index is 457. The zero-order valence-corrected chi connectivity index (χ0v) is 17.4. The van der Waals surface area contributed by atoms with Crippen LogP contribution in [0, 0.1) is 27.5 Å². The van der Waals surface area contributed by atoms with Gasteiger partial charge in [-0.05, 0) is 113 Å². The van der Waals surface area contributed by atoms with Gasteiger partial charge < -0.3 is 4.74 Å². The van der Waals surface area contributed by atoms with Crippen LogP contribution in [0.2, 0.25) is 0 Å². The van der Waals surface area contributed by atoms with Crippen molar-refractivity contribution < 1.29 is 4.74 Å². The van der Waals surface area contributed by atoms with Crippen molar-refractivity contribution in [3.63, 3.8) is 0 Å². The van der Waals surface area contributed by atoms with Crippen LogP contribution in [0.5, 0.6) is 5.75 Å². The van der Waals surface area contributed by atoms with Gasteiger partial charge in [0.05, 0.1) is 25.2 Å². The SMILES string of the molecule is CC(C)(C#N)CCCCOc1c(I)cc(I)cc1I. The molecule has 0 aromatic heterocycles. The Kier molecular flexibility index (Phi) is 7.68. The maximum atomic E-state index is 8.94. The van der Waals surface area contributed by atoms with Gasteiger partial charge in [0.1, 0.15) is 5.75 Å². The Hall–Kier alpha value is 0.700. The summed E-state index contributed by atoms with van der Waals surface area (Å²) in [5, 5.41) is 8.94. The van der Waals surface area contributed by atoms with Gasteiger partial charge in [0, 0.05) is 3.57 Å². The average Bonchev–Trinajstić information content (AvgIpc) is 2.31. The Morgan fingerprint density at radius 1 is 1.16 bits per heavy atom. The zero-order valence-electron chi connectivity index (χ0n) is 11.0. The predicted molar refractivity (Wildman–Crippen MR) is 103 cm³/mol. The van der Waals surface area contributed by atoms with Crippen LogP contribution in [0.3, 0.4) is 0 Å². The molecule has 0 heterocycles. The van der Waals surface area contributed by atoms with Gasteiger partial charge in [-0.1, -0.05) is 0 Å². The van der Waals surface area contributed by atoms with Crippen LogP contribution in [-0.2, 0) is 0 Å². The first kappa shape index (κ1) is 17.8. The number of hydrogen-bond donors (Lipinski definition) is 0. The lowest BCUT2D eigenvalue weighted by Crippen LogP contribution is -2.08. The van der Waals surface area contributed by atoms with Crippen LogP contribution in [0.25, 0.3) is 0 Å². The van der Waals surface area contributed by atoms with E-state index in [1.165, 1.54) is 3.57 Å². The number of hydrogen-bond acceptors (Lipinski definition) is 2. The average molecular weight is 595 g/mol. The number of benzene rings is 1. The molecular weight excluding hydrogens is 579 g/mol. The quantitative estimate of drug-likeness (QED) is 0.317. The molecule has 0 atom stereocenters. The summed E-state index contributed by atoms with van der Waals surface area (Å²) in [6, 6.07) is 6.58. The number of nitriles is 1. The topological polar surface area (TPSA) is 33.0 Å². The zero-order chi connectivity index (χ0) is 14.5. The van der Waals surface area contributed by atoms with Crippen molar-refractivity contribution in [2.75, 3.05) is 6.61 Å². The number of rotatable bonds is 6. The van der Waals surface area contributed by atoms with Crippen molar-refractivity contribution in [2.24, 2.45) is 5.41 Å². The molecule has 0 N–H and O–H groups in total. The summed E-state index contributed by atoms with van der Waals surface area (Å²) in [7, 11) is 0. The number of nitrogens with zero attached hydrogens (tertiary/aromatic N) is 1. The Morgan fingerprint density at radius 2 is 1.74 bits per heavy atom. The van der Waals surface area contributed by atoms with E-state index in [0.29, 0.717) is 6.61 Å². The molecule has 0 fully saturated rings. The summed E-state index contributed by atoms with van der Waals surface area (Å²) in [5.74, 6) is 0.987. The molecular formula is C14H16I3NO. The van der Waals surface area contributed by atoms with E-state index in [1.54, 1.807) is 0 Å². The van der Waals surface area contributed by atoms with Crippen LogP contribution < -0.4 is 4.74 Å². The lowest BCUT2D eigenvalue weighted by Gasteiger charge is -2.15. The summed E-state index contributed by atoms with van der Waals surface area (Å²) < 4.78 is 9.42. The first-order chi connectivity index (χ1) is 8.85. The molecule has 0 aliphatic rings. The van der Waals surface area contributed by atoms with Gasteiger partial charge >= 0.3 is 0 Å². The standard InChI is InChI=1S/C14H16I3NO/c1-14(2,9-18)5-3-4-6-19-13-11(16)7-10(15)8-12(13)17/h7-8H,3-6H2,1-2H3. The van der Waals surface area contributed by atoms with E-state index in [1.807, 2.05) is 13.8 Å². The molecule has 0 saturated heterocycles.